The Hall–Kier alpha value is -2.06. The average Bonchev–Trinajstić information content (AvgIpc) is 2.96. The number of nitro groups is 1. The first-order chi connectivity index (χ1) is 10.5. The maximum Gasteiger partial charge on any atom is 0.314 e. The van der Waals surface area contributed by atoms with Crippen molar-refractivity contribution >= 4 is 24.1 Å². The molecule has 1 heterocycles. The predicted molar refractivity (Wildman–Crippen MR) is 84.6 cm³/mol. The van der Waals surface area contributed by atoms with Gasteiger partial charge in [-0.05, 0) is 25.1 Å². The number of rotatable bonds is 7. The summed E-state index contributed by atoms with van der Waals surface area (Å²) in [7, 11) is 1.44. The monoisotopic (exact) mass is 346 g/mol. The lowest BCUT2D eigenvalue weighted by Crippen LogP contribution is -2.27. The maximum atomic E-state index is 11.0. The second kappa shape index (κ2) is 8.54. The van der Waals surface area contributed by atoms with E-state index in [1.165, 1.54) is 19.2 Å². The summed E-state index contributed by atoms with van der Waals surface area (Å²) in [5.74, 6) is -0.549. The molecule has 23 heavy (non-hydrogen) atoms. The molecule has 0 aliphatic carbocycles. The van der Waals surface area contributed by atoms with E-state index in [1.54, 1.807) is 6.07 Å². The fourth-order valence-electron chi connectivity index (χ4n) is 2.41. The Morgan fingerprint density at radius 3 is 2.83 bits per heavy atom. The summed E-state index contributed by atoms with van der Waals surface area (Å²) in [4.78, 5) is 23.4. The van der Waals surface area contributed by atoms with Crippen LogP contribution in [-0.4, -0.2) is 54.3 Å². The van der Waals surface area contributed by atoms with Crippen molar-refractivity contribution in [2.75, 3.05) is 33.4 Å². The third-order valence-corrected chi connectivity index (χ3v) is 3.65. The molecule has 1 aromatic rings. The molecule has 2 rings (SSSR count). The standard InChI is InChI=1S/C14H18N2O6.ClH/c1-21-11-2-3-13(12(8-11)16(19)20)22-7-6-15-5-4-10(9-15)14(17)18;/h2-3,8,10H,4-7,9H2,1H3,(H,17,18);1H. The summed E-state index contributed by atoms with van der Waals surface area (Å²) < 4.78 is 10.4. The molecule has 0 spiro atoms. The molecule has 1 saturated heterocycles. The van der Waals surface area contributed by atoms with Crippen LogP contribution in [-0.2, 0) is 4.79 Å². The van der Waals surface area contributed by atoms with E-state index in [0.717, 1.165) is 0 Å². The molecule has 1 unspecified atom stereocenters. The fourth-order valence-corrected chi connectivity index (χ4v) is 2.41. The highest BCUT2D eigenvalue weighted by atomic mass is 35.5. The molecule has 128 valence electrons. The van der Waals surface area contributed by atoms with E-state index in [4.69, 9.17) is 14.6 Å². The smallest absolute Gasteiger partial charge is 0.314 e. The summed E-state index contributed by atoms with van der Waals surface area (Å²) >= 11 is 0. The number of likely N-dealkylation sites (tertiary alicyclic amines) is 1. The van der Waals surface area contributed by atoms with Gasteiger partial charge in [-0.15, -0.1) is 12.4 Å². The summed E-state index contributed by atoms with van der Waals surface area (Å²) in [5.41, 5.74) is -0.149. The van der Waals surface area contributed by atoms with Gasteiger partial charge in [0.15, 0.2) is 5.75 Å². The first kappa shape index (κ1) is 19.0. The summed E-state index contributed by atoms with van der Waals surface area (Å²) in [5, 5.41) is 20.0. The Morgan fingerprint density at radius 2 is 2.26 bits per heavy atom. The molecule has 1 aliphatic rings. The van der Waals surface area contributed by atoms with Crippen LogP contribution in [0.3, 0.4) is 0 Å². The zero-order chi connectivity index (χ0) is 16.1. The van der Waals surface area contributed by atoms with Crippen molar-refractivity contribution < 1.29 is 24.3 Å². The van der Waals surface area contributed by atoms with Gasteiger partial charge in [0, 0.05) is 13.1 Å². The van der Waals surface area contributed by atoms with Crippen LogP contribution < -0.4 is 9.47 Å². The van der Waals surface area contributed by atoms with Crippen molar-refractivity contribution in [2.24, 2.45) is 5.92 Å². The molecule has 9 heteroatoms. The average molecular weight is 347 g/mol. The first-order valence-electron chi connectivity index (χ1n) is 6.91. The van der Waals surface area contributed by atoms with Gasteiger partial charge in [0.25, 0.3) is 0 Å². The van der Waals surface area contributed by atoms with E-state index in [1.807, 2.05) is 4.90 Å². The van der Waals surface area contributed by atoms with E-state index >= 15 is 0 Å². The van der Waals surface area contributed by atoms with Gasteiger partial charge in [-0.3, -0.25) is 19.8 Å². The van der Waals surface area contributed by atoms with Crippen LogP contribution in [0.5, 0.6) is 11.5 Å². The fraction of sp³-hybridized carbons (Fsp3) is 0.500. The number of carboxylic acids is 1. The van der Waals surface area contributed by atoms with Crippen molar-refractivity contribution in [2.45, 2.75) is 6.42 Å². The molecule has 0 saturated carbocycles. The van der Waals surface area contributed by atoms with Crippen LogP contribution in [0.15, 0.2) is 18.2 Å². The molecule has 1 N–H and O–H groups in total. The van der Waals surface area contributed by atoms with Crippen LogP contribution in [0.2, 0.25) is 0 Å². The number of carboxylic acid groups (broad SMARTS) is 1. The Balaban J connectivity index is 0.00000264. The van der Waals surface area contributed by atoms with E-state index in [-0.39, 0.29) is 36.4 Å². The molecular formula is C14H19ClN2O6. The molecule has 0 aromatic heterocycles. The molecular weight excluding hydrogens is 328 g/mol. The molecule has 0 radical (unpaired) electrons. The van der Waals surface area contributed by atoms with E-state index < -0.39 is 10.9 Å². The lowest BCUT2D eigenvalue weighted by molar-refractivity contribution is -0.385. The third-order valence-electron chi connectivity index (χ3n) is 3.65. The van der Waals surface area contributed by atoms with Gasteiger partial charge in [-0.2, -0.15) is 0 Å². The van der Waals surface area contributed by atoms with Crippen molar-refractivity contribution in [3.05, 3.63) is 28.3 Å². The number of hydrogen-bond donors (Lipinski definition) is 1. The van der Waals surface area contributed by atoms with Gasteiger partial charge in [-0.1, -0.05) is 0 Å². The van der Waals surface area contributed by atoms with Crippen LogP contribution in [0.1, 0.15) is 6.42 Å². The number of aliphatic carboxylic acids is 1. The Bertz CT molecular complexity index is 568. The molecule has 8 nitrogen and oxygen atoms in total. The van der Waals surface area contributed by atoms with Crippen molar-refractivity contribution in [1.82, 2.24) is 4.90 Å². The highest BCUT2D eigenvalue weighted by Crippen LogP contribution is 2.31. The lowest BCUT2D eigenvalue weighted by atomic mass is 10.1. The second-order valence-corrected chi connectivity index (χ2v) is 5.06. The largest absolute Gasteiger partial charge is 0.496 e. The van der Waals surface area contributed by atoms with Crippen molar-refractivity contribution in [1.29, 1.82) is 0 Å². The molecule has 1 atom stereocenters. The predicted octanol–water partition coefficient (Wildman–Crippen LogP) is 1.81. The lowest BCUT2D eigenvalue weighted by Gasteiger charge is -2.15. The van der Waals surface area contributed by atoms with Gasteiger partial charge in [0.1, 0.15) is 12.4 Å². The third kappa shape index (κ3) is 4.97. The van der Waals surface area contributed by atoms with Gasteiger partial charge < -0.3 is 14.6 Å². The maximum absolute atomic E-state index is 11.0. The topological polar surface area (TPSA) is 102 Å². The van der Waals surface area contributed by atoms with Gasteiger partial charge in [0.05, 0.1) is 24.0 Å². The van der Waals surface area contributed by atoms with Crippen molar-refractivity contribution in [3.8, 4) is 11.5 Å². The minimum Gasteiger partial charge on any atom is -0.496 e. The number of benzene rings is 1. The zero-order valence-electron chi connectivity index (χ0n) is 12.6. The molecule has 0 amide bonds. The van der Waals surface area contributed by atoms with E-state index in [0.29, 0.717) is 31.8 Å². The summed E-state index contributed by atoms with van der Waals surface area (Å²) in [6, 6.07) is 4.41. The molecule has 1 fully saturated rings. The van der Waals surface area contributed by atoms with Crippen LogP contribution in [0.25, 0.3) is 0 Å². The number of nitrogens with zero attached hydrogens (tertiary/aromatic N) is 2. The quantitative estimate of drug-likeness (QED) is 0.593. The number of hydrogen-bond acceptors (Lipinski definition) is 6. The molecule has 1 aromatic carbocycles. The first-order valence-corrected chi connectivity index (χ1v) is 6.91. The van der Waals surface area contributed by atoms with Gasteiger partial charge in [0.2, 0.25) is 0 Å². The minimum atomic E-state index is -0.783. The van der Waals surface area contributed by atoms with Crippen LogP contribution in [0, 0.1) is 16.0 Å². The highest BCUT2D eigenvalue weighted by Gasteiger charge is 2.27. The van der Waals surface area contributed by atoms with Gasteiger partial charge >= 0.3 is 11.7 Å². The number of nitro benzene ring substituents is 1. The normalized spacial score (nSPS) is 17.3. The molecule has 0 bridgehead atoms. The minimum absolute atomic E-state index is 0. The van der Waals surface area contributed by atoms with E-state index in [2.05, 4.69) is 0 Å². The molecule has 1 aliphatic heterocycles. The number of halogens is 1. The zero-order valence-corrected chi connectivity index (χ0v) is 13.5. The van der Waals surface area contributed by atoms with Crippen LogP contribution >= 0.6 is 12.4 Å². The Morgan fingerprint density at radius 1 is 1.52 bits per heavy atom. The second-order valence-electron chi connectivity index (χ2n) is 5.06. The van der Waals surface area contributed by atoms with Gasteiger partial charge in [-0.25, -0.2) is 0 Å². The Kier molecular flexibility index (Phi) is 7.05. The Labute approximate surface area is 139 Å². The van der Waals surface area contributed by atoms with E-state index in [9.17, 15) is 14.9 Å². The van der Waals surface area contributed by atoms with Crippen LogP contribution in [0.4, 0.5) is 5.69 Å². The summed E-state index contributed by atoms with van der Waals surface area (Å²) in [6.45, 7) is 1.99. The van der Waals surface area contributed by atoms with Crippen molar-refractivity contribution in [3.63, 3.8) is 0 Å². The SMILES string of the molecule is COc1ccc(OCCN2CCC(C(=O)O)C2)c([N+](=O)[O-])c1.Cl. The number of methoxy groups -OCH3 is 1. The highest BCUT2D eigenvalue weighted by molar-refractivity contribution is 5.85. The number of carbonyl (C=O) groups is 1. The summed E-state index contributed by atoms with van der Waals surface area (Å²) in [6.07, 6.45) is 0.623. The number of ether oxygens (including phenoxy) is 2.